The molecule has 0 aromatic carbocycles. The van der Waals surface area contributed by atoms with Gasteiger partial charge in [-0.2, -0.15) is 11.8 Å². The van der Waals surface area contributed by atoms with E-state index in [2.05, 4.69) is 261 Å². The Morgan fingerprint density at radius 3 is 0.531 bits per heavy atom. The maximum Gasteiger partial charge on any atom is 0.507 e. The maximum absolute atomic E-state index is 10.7. The van der Waals surface area contributed by atoms with Crippen molar-refractivity contribution < 1.29 is 79.3 Å². The van der Waals surface area contributed by atoms with Gasteiger partial charge in [0.1, 0.15) is 12.5 Å². The number of rotatable bonds is 7. The number of ether oxygens (including phenoxy) is 8. The minimum atomic E-state index is -1.65. The third-order valence-electron chi connectivity index (χ3n) is 8.68. The van der Waals surface area contributed by atoms with Gasteiger partial charge in [-0.15, -0.1) is 11.8 Å². The average molecular weight is 1740 g/mol. The van der Waals surface area contributed by atoms with E-state index < -0.39 is 53.5 Å². The number of methoxy groups -OCH3 is 7. The molecule has 0 aromatic rings. The van der Waals surface area contributed by atoms with Crippen molar-refractivity contribution in [3.63, 3.8) is 0 Å². The summed E-state index contributed by atoms with van der Waals surface area (Å²) in [6.07, 6.45) is 3.43. The fourth-order valence-corrected chi connectivity index (χ4v) is 10.0. The first-order chi connectivity index (χ1) is 49.3. The number of ketones is 1. The van der Waals surface area contributed by atoms with Crippen LogP contribution in [0.3, 0.4) is 0 Å². The smallest absolute Gasteiger partial charge is 0.469 e. The zero-order valence-electron chi connectivity index (χ0n) is 89.2. The molecule has 0 bridgehead atoms. The molecular weight excluding hydrogens is 1530 g/mol. The second-order valence-electron chi connectivity index (χ2n) is 37.0. The second-order valence-corrected chi connectivity index (χ2v) is 61.4. The molecule has 0 saturated heterocycles. The molecule has 28 heteroatoms. The van der Waals surface area contributed by atoms with Gasteiger partial charge in [0.15, 0.2) is 30.7 Å². The Morgan fingerprint density at radius 2 is 0.531 bits per heavy atom. The van der Waals surface area contributed by atoms with Gasteiger partial charge < -0.3 is 79.7 Å². The Bertz CT molecular complexity index is 1930. The van der Waals surface area contributed by atoms with E-state index in [0.29, 0.717) is 5.41 Å². The summed E-state index contributed by atoms with van der Waals surface area (Å²) in [5, 5.41) is 0. The molecule has 0 unspecified atom stereocenters. The van der Waals surface area contributed by atoms with Gasteiger partial charge >= 0.3 is 26.7 Å². The number of allylic oxidation sites excluding steroid dienone is 4. The summed E-state index contributed by atoms with van der Waals surface area (Å²) in [6, 6.07) is 0.0185. The van der Waals surface area contributed by atoms with E-state index in [0.717, 1.165) is 6.71 Å². The maximum atomic E-state index is 10.7. The first-order valence-corrected chi connectivity index (χ1v) is 56.8. The molecule has 0 spiro atoms. The number of hydrogen-bond acceptors (Lipinski definition) is 19. The highest BCUT2D eigenvalue weighted by Gasteiger charge is 2.24. The van der Waals surface area contributed by atoms with Gasteiger partial charge in [0.2, 0.25) is 5.91 Å². The summed E-state index contributed by atoms with van der Waals surface area (Å²) in [7, 11) is 27.7. The molecule has 0 aliphatic heterocycles. The van der Waals surface area contributed by atoms with Gasteiger partial charge in [-0.1, -0.05) is 96.6 Å². The number of amides is 3. The van der Waals surface area contributed by atoms with Crippen LogP contribution in [-0.4, -0.2) is 274 Å². The highest BCUT2D eigenvalue weighted by Crippen LogP contribution is 2.18. The molecule has 0 saturated carbocycles. The quantitative estimate of drug-likeness (QED) is 0.0763. The SMILES string of the molecule is CB(C)C.CC#CC.CC(=O)N(C)C.CC(C)(C)C.CC(C)(C)OC(C)(C)C.CC(C)=C(C)C.CC(C)=C(C)C.CC(C)=O.CN(C)C.CN(C)C(=O)N(C)C.COC.COC(=O)OC.COC(C)(C)C.COC(C)(C)OC.COC(C)=O.CO[Si](C)(C)C.CO[Si](C)(C)OC.CSC.C[Si](C)(C)C.C[Si](C)(C)O[Si](C)(C)C. The predicted molar refractivity (Wildman–Crippen MR) is 524 cm³/mol. The third-order valence-corrected chi connectivity index (χ3v) is 16.8. The Morgan fingerprint density at radius 1 is 0.372 bits per heavy atom. The number of Topliss-reactive ketones (excluding diaryl/α,β-unsaturated/α-hetero) is 1. The fourth-order valence-electron chi connectivity index (χ4n) is 2.49. The number of thioether (sulfide) groups is 1. The number of urea groups is 1. The normalized spacial score (nSPS) is 9.82. The molecule has 0 atom stereocenters. The van der Waals surface area contributed by atoms with Crippen LogP contribution in [0.1, 0.15) is 201 Å². The number of esters is 1. The molecule has 0 fully saturated rings. The summed E-state index contributed by atoms with van der Waals surface area (Å²) < 4.78 is 57.7. The van der Waals surface area contributed by atoms with E-state index in [4.69, 9.17) is 36.3 Å². The number of nitrogens with zero attached hydrogens (tertiary/aromatic N) is 4. The molecule has 0 N–H and O–H groups in total. The van der Waals surface area contributed by atoms with Gasteiger partial charge in [0.05, 0.1) is 38.1 Å². The lowest BCUT2D eigenvalue weighted by Gasteiger charge is -2.30. The van der Waals surface area contributed by atoms with E-state index in [1.165, 1.54) is 86.0 Å². The second kappa shape index (κ2) is 98.1. The van der Waals surface area contributed by atoms with Crippen LogP contribution in [0.2, 0.25) is 119 Å². The van der Waals surface area contributed by atoms with Crippen molar-refractivity contribution in [1.29, 1.82) is 0 Å². The van der Waals surface area contributed by atoms with Crippen LogP contribution in [0.25, 0.3) is 0 Å². The van der Waals surface area contributed by atoms with E-state index in [-0.39, 0.29) is 40.5 Å². The highest BCUT2D eigenvalue weighted by molar-refractivity contribution is 7.97. The monoisotopic (exact) mass is 1740 g/mol. The van der Waals surface area contributed by atoms with Gasteiger partial charge in [-0.05, 0) is 270 Å². The lowest BCUT2D eigenvalue weighted by molar-refractivity contribution is -0.178. The zero-order valence-corrected chi connectivity index (χ0v) is 95.0. The fraction of sp³-hybridized carbons (Fsp3) is 0.871. The molecule has 0 heterocycles. The molecule has 0 rings (SSSR count). The first kappa shape index (κ1) is 162. The molecule has 113 heavy (non-hydrogen) atoms. The van der Waals surface area contributed by atoms with E-state index in [1.54, 1.807) is 111 Å². The minimum Gasteiger partial charge on any atom is -0.469 e. The van der Waals surface area contributed by atoms with Crippen LogP contribution < -0.4 is 0 Å². The van der Waals surface area contributed by atoms with Crippen LogP contribution in [-0.2, 0) is 69.7 Å². The van der Waals surface area contributed by atoms with Crippen molar-refractivity contribution in [2.45, 2.75) is 342 Å². The molecule has 0 aromatic heterocycles. The summed E-state index contributed by atoms with van der Waals surface area (Å²) in [6.45, 7) is 98.0. The number of carbonyl (C=O) groups is 5. The topological polar surface area (TPSA) is 209 Å². The first-order valence-electron chi connectivity index (χ1n) is 38.2. The Balaban J connectivity index is -0.0000000450. The van der Waals surface area contributed by atoms with Crippen LogP contribution in [0.5, 0.6) is 0 Å². The zero-order chi connectivity index (χ0) is 97.7. The summed E-state index contributed by atoms with van der Waals surface area (Å²) in [4.78, 5) is 56.1. The highest BCUT2D eigenvalue weighted by atomic mass is 32.2. The average Bonchev–Trinajstić information content (AvgIpc) is 0.907. The molecule has 0 radical (unpaired) electrons. The van der Waals surface area contributed by atoms with Crippen molar-refractivity contribution in [3.8, 4) is 11.8 Å². The standard InChI is InChI=1S/C8H18O.C6H18OSi2.2C6H12.C5H12N2O.C5H12O2.C5H12O.C5H12.C4H9NO.C4H12O2Si.C4H12OSi.C4H12Si.C4H6.C3H9B.C3H9N.C3H6O3.C3H6O2.C3H6O.C2H6O.C2H6S/c1-7(2,3)9-8(4,5)6;1-8(2,3)7-9(4,5)6;2*1-5(2)6(3)4;1-6(2)5(8)7(3)4;1-5(2,6-3)7-4;1-5(2,3)6-4;1-5(2,3)4;1-4(6)5(2)3;1-5-7(3,4)6-2;1-5-6(2,3)4;1-5(2,3)4;1-3-4-2;2*1-4(2)3;1-5-3(4)6-2;1-3(4)5-2;1-3(2)4;2*1-3-2/h2*1-6H3;2*1-4H3;1-4H3;1-4H3;1-4H3;1-4H3;1-3H3;1-4H3;1-4H3;1-4H3;1-2H3;2*1-3H3;1-2H3;1-2H3;1-2H3;2*1-2H3. The van der Waals surface area contributed by atoms with Crippen molar-refractivity contribution in [1.82, 2.24) is 19.6 Å². The summed E-state index contributed by atoms with van der Waals surface area (Å²) in [5.74, 6) is 4.96. The number of carbonyl (C=O) groups excluding carboxylic acids is 5. The molecule has 0 aliphatic carbocycles. The van der Waals surface area contributed by atoms with Gasteiger partial charge in [-0.3, -0.25) is 9.59 Å². The number of hydrogen-bond donors (Lipinski definition) is 0. The van der Waals surface area contributed by atoms with E-state index in [9.17, 15) is 24.0 Å². The summed E-state index contributed by atoms with van der Waals surface area (Å²) in [5.41, 5.74) is 6.21. The largest absolute Gasteiger partial charge is 0.507 e. The van der Waals surface area contributed by atoms with Gasteiger partial charge in [0.25, 0.3) is 0 Å². The van der Waals surface area contributed by atoms with Crippen LogP contribution >= 0.6 is 11.8 Å². The van der Waals surface area contributed by atoms with E-state index in [1.807, 2.05) is 100 Å². The third kappa shape index (κ3) is 427. The Kier molecular flexibility index (Phi) is 140. The van der Waals surface area contributed by atoms with Crippen LogP contribution in [0.4, 0.5) is 9.59 Å². The van der Waals surface area contributed by atoms with Crippen molar-refractivity contribution >= 4 is 89.9 Å². The van der Waals surface area contributed by atoms with Crippen LogP contribution in [0, 0.1) is 17.3 Å². The molecule has 698 valence electrons. The predicted octanol–water partition coefficient (Wildman–Crippen LogP) is 24.2. The van der Waals surface area contributed by atoms with Crippen molar-refractivity contribution in [3.05, 3.63) is 22.3 Å². The molecule has 3 amide bonds. The van der Waals surface area contributed by atoms with Crippen molar-refractivity contribution in [2.24, 2.45) is 5.41 Å². The molecule has 0 aliphatic rings. The van der Waals surface area contributed by atoms with Gasteiger partial charge in [0, 0.05) is 121 Å². The Hall–Kier alpha value is -2.71. The lowest BCUT2D eigenvalue weighted by Crippen LogP contribution is -2.39. The van der Waals surface area contributed by atoms with E-state index >= 15 is 0 Å². The summed E-state index contributed by atoms with van der Waals surface area (Å²) >= 11 is 1.75. The lowest BCUT2D eigenvalue weighted by atomic mass is 9.58. The van der Waals surface area contributed by atoms with Crippen LogP contribution in [0.15, 0.2) is 22.3 Å². The molecule has 21 nitrogen and oxygen atoms in total. The van der Waals surface area contributed by atoms with Gasteiger partial charge in [-0.25, -0.2) is 9.59 Å². The van der Waals surface area contributed by atoms with Crippen molar-refractivity contribution in [2.75, 3.05) is 154 Å². The molecular formula is C85H207BN4O17SSi5. The minimum absolute atomic E-state index is 0.0156. The Labute approximate surface area is 720 Å².